The zero-order valence-corrected chi connectivity index (χ0v) is 11.9. The van der Waals surface area contributed by atoms with Crippen LogP contribution in [-0.2, 0) is 4.79 Å². The maximum atomic E-state index is 12.0. The molecule has 102 valence electrons. The van der Waals surface area contributed by atoms with Crippen LogP contribution in [0.5, 0.6) is 0 Å². The molecule has 1 saturated heterocycles. The van der Waals surface area contributed by atoms with Gasteiger partial charge in [-0.15, -0.1) is 0 Å². The van der Waals surface area contributed by atoms with Crippen LogP contribution in [0.2, 0.25) is 0 Å². The SMILES string of the molecule is CC1(C)CCC2(CC1)CC(=O)NC2c1ccccc1. The fourth-order valence-electron chi connectivity index (χ4n) is 3.76. The Morgan fingerprint density at radius 3 is 2.32 bits per heavy atom. The van der Waals surface area contributed by atoms with Crippen molar-refractivity contribution in [3.8, 4) is 0 Å². The van der Waals surface area contributed by atoms with Crippen molar-refractivity contribution in [3.05, 3.63) is 35.9 Å². The number of rotatable bonds is 1. The summed E-state index contributed by atoms with van der Waals surface area (Å²) in [6, 6.07) is 10.7. The topological polar surface area (TPSA) is 29.1 Å². The van der Waals surface area contributed by atoms with Crippen LogP contribution in [0.3, 0.4) is 0 Å². The molecule has 2 aliphatic rings. The molecule has 0 bridgehead atoms. The van der Waals surface area contributed by atoms with Crippen LogP contribution >= 0.6 is 0 Å². The van der Waals surface area contributed by atoms with Gasteiger partial charge in [0.05, 0.1) is 6.04 Å². The van der Waals surface area contributed by atoms with E-state index < -0.39 is 0 Å². The quantitative estimate of drug-likeness (QED) is 0.814. The van der Waals surface area contributed by atoms with Crippen molar-refractivity contribution in [1.82, 2.24) is 5.32 Å². The predicted octanol–water partition coefficient (Wildman–Crippen LogP) is 3.83. The zero-order valence-electron chi connectivity index (χ0n) is 11.9. The molecule has 19 heavy (non-hydrogen) atoms. The van der Waals surface area contributed by atoms with Gasteiger partial charge in [0.25, 0.3) is 0 Å². The Kier molecular flexibility index (Phi) is 2.92. The van der Waals surface area contributed by atoms with Gasteiger partial charge in [-0.3, -0.25) is 4.79 Å². The lowest BCUT2D eigenvalue weighted by molar-refractivity contribution is -0.120. The third-order valence-corrected chi connectivity index (χ3v) is 5.16. The van der Waals surface area contributed by atoms with E-state index in [1.165, 1.54) is 18.4 Å². The fourth-order valence-corrected chi connectivity index (χ4v) is 3.76. The van der Waals surface area contributed by atoms with Crippen molar-refractivity contribution >= 4 is 5.91 Å². The van der Waals surface area contributed by atoms with E-state index >= 15 is 0 Å². The van der Waals surface area contributed by atoms with Gasteiger partial charge in [-0.1, -0.05) is 44.2 Å². The molecule has 1 aromatic carbocycles. The molecule has 2 heteroatoms. The maximum Gasteiger partial charge on any atom is 0.221 e. The van der Waals surface area contributed by atoms with Gasteiger partial charge >= 0.3 is 0 Å². The lowest BCUT2D eigenvalue weighted by atomic mass is 9.61. The highest BCUT2D eigenvalue weighted by Gasteiger charge is 2.50. The second-order valence-corrected chi connectivity index (χ2v) is 7.11. The van der Waals surface area contributed by atoms with Crippen molar-refractivity contribution in [2.75, 3.05) is 0 Å². The number of amides is 1. The molecule has 3 rings (SSSR count). The zero-order chi connectivity index (χ0) is 13.5. The molecule has 1 amide bonds. The molecule has 1 saturated carbocycles. The average Bonchev–Trinajstić information content (AvgIpc) is 2.72. The average molecular weight is 257 g/mol. The van der Waals surface area contributed by atoms with Crippen molar-refractivity contribution in [2.45, 2.75) is 52.0 Å². The van der Waals surface area contributed by atoms with E-state index in [1.54, 1.807) is 0 Å². The fraction of sp³-hybridized carbons (Fsp3) is 0.588. The van der Waals surface area contributed by atoms with Crippen LogP contribution in [0.1, 0.15) is 57.6 Å². The number of benzene rings is 1. The molecule has 1 heterocycles. The van der Waals surface area contributed by atoms with Gasteiger partial charge in [-0.25, -0.2) is 0 Å². The molecule has 1 spiro atoms. The Morgan fingerprint density at radius 1 is 1.05 bits per heavy atom. The molecule has 1 atom stereocenters. The number of carbonyl (C=O) groups excluding carboxylic acids is 1. The molecule has 0 aromatic heterocycles. The predicted molar refractivity (Wildman–Crippen MR) is 76.6 cm³/mol. The van der Waals surface area contributed by atoms with E-state index in [4.69, 9.17) is 0 Å². The van der Waals surface area contributed by atoms with E-state index in [0.717, 1.165) is 12.8 Å². The summed E-state index contributed by atoms with van der Waals surface area (Å²) in [5, 5.41) is 3.22. The standard InChI is InChI=1S/C17H23NO/c1-16(2)8-10-17(11-9-16)12-14(19)18-15(17)13-6-4-3-5-7-13/h3-7,15H,8-12H2,1-2H3,(H,18,19). The van der Waals surface area contributed by atoms with Crippen LogP contribution in [0.25, 0.3) is 0 Å². The maximum absolute atomic E-state index is 12.0. The molecule has 2 nitrogen and oxygen atoms in total. The Balaban J connectivity index is 1.89. The first kappa shape index (κ1) is 12.7. The Morgan fingerprint density at radius 2 is 1.68 bits per heavy atom. The summed E-state index contributed by atoms with van der Waals surface area (Å²) in [4.78, 5) is 12.0. The second kappa shape index (κ2) is 4.36. The largest absolute Gasteiger partial charge is 0.349 e. The summed E-state index contributed by atoms with van der Waals surface area (Å²) in [5.74, 6) is 0.230. The van der Waals surface area contributed by atoms with Gasteiger partial charge in [0.2, 0.25) is 5.91 Å². The van der Waals surface area contributed by atoms with Crippen LogP contribution < -0.4 is 5.32 Å². The third-order valence-electron chi connectivity index (χ3n) is 5.16. The molecular formula is C17H23NO. The minimum atomic E-state index is 0.161. The first-order chi connectivity index (χ1) is 9.01. The summed E-state index contributed by atoms with van der Waals surface area (Å²) in [6.45, 7) is 4.70. The minimum Gasteiger partial charge on any atom is -0.349 e. The first-order valence-corrected chi connectivity index (χ1v) is 7.35. The second-order valence-electron chi connectivity index (χ2n) is 7.11. The van der Waals surface area contributed by atoms with E-state index in [9.17, 15) is 4.79 Å². The van der Waals surface area contributed by atoms with E-state index in [-0.39, 0.29) is 17.4 Å². The van der Waals surface area contributed by atoms with Crippen molar-refractivity contribution in [2.24, 2.45) is 10.8 Å². The molecule has 1 unspecified atom stereocenters. The highest BCUT2D eigenvalue weighted by molar-refractivity contribution is 5.80. The number of hydrogen-bond donors (Lipinski definition) is 1. The smallest absolute Gasteiger partial charge is 0.221 e. The molecule has 1 aromatic rings. The molecule has 2 fully saturated rings. The monoisotopic (exact) mass is 257 g/mol. The Bertz CT molecular complexity index is 467. The minimum absolute atomic E-state index is 0.161. The van der Waals surface area contributed by atoms with Crippen LogP contribution in [0.15, 0.2) is 30.3 Å². The number of hydrogen-bond acceptors (Lipinski definition) is 1. The number of carbonyl (C=O) groups is 1. The van der Waals surface area contributed by atoms with E-state index in [2.05, 4.69) is 43.4 Å². The summed E-state index contributed by atoms with van der Waals surface area (Å²) >= 11 is 0. The Hall–Kier alpha value is -1.31. The van der Waals surface area contributed by atoms with Gasteiger partial charge < -0.3 is 5.32 Å². The molecule has 0 radical (unpaired) electrons. The van der Waals surface area contributed by atoms with Crippen molar-refractivity contribution < 1.29 is 4.79 Å². The van der Waals surface area contributed by atoms with Gasteiger partial charge in [0.15, 0.2) is 0 Å². The van der Waals surface area contributed by atoms with Gasteiger partial charge in [0, 0.05) is 11.8 Å². The third kappa shape index (κ3) is 2.29. The van der Waals surface area contributed by atoms with Gasteiger partial charge in [0.1, 0.15) is 0 Å². The van der Waals surface area contributed by atoms with Crippen LogP contribution in [0, 0.1) is 10.8 Å². The summed E-state index contributed by atoms with van der Waals surface area (Å²) in [5.41, 5.74) is 1.87. The number of nitrogens with one attached hydrogen (secondary N) is 1. The van der Waals surface area contributed by atoms with E-state index in [0.29, 0.717) is 11.8 Å². The van der Waals surface area contributed by atoms with Crippen molar-refractivity contribution in [3.63, 3.8) is 0 Å². The highest BCUT2D eigenvalue weighted by Crippen LogP contribution is 2.55. The summed E-state index contributed by atoms with van der Waals surface area (Å²) in [6.07, 6.45) is 5.50. The normalized spacial score (nSPS) is 28.3. The molecule has 1 aliphatic heterocycles. The first-order valence-electron chi connectivity index (χ1n) is 7.35. The summed E-state index contributed by atoms with van der Waals surface area (Å²) < 4.78 is 0. The molecule has 1 aliphatic carbocycles. The lowest BCUT2D eigenvalue weighted by Gasteiger charge is -2.44. The highest BCUT2D eigenvalue weighted by atomic mass is 16.2. The summed E-state index contributed by atoms with van der Waals surface area (Å²) in [7, 11) is 0. The van der Waals surface area contributed by atoms with Crippen molar-refractivity contribution in [1.29, 1.82) is 0 Å². The molecule has 1 N–H and O–H groups in total. The Labute approximate surface area is 115 Å². The van der Waals surface area contributed by atoms with E-state index in [1.807, 2.05) is 6.07 Å². The van der Waals surface area contributed by atoms with Crippen LogP contribution in [0.4, 0.5) is 0 Å². The molecular weight excluding hydrogens is 234 g/mol. The van der Waals surface area contributed by atoms with Gasteiger partial charge in [-0.2, -0.15) is 0 Å². The van der Waals surface area contributed by atoms with Crippen LogP contribution in [-0.4, -0.2) is 5.91 Å². The lowest BCUT2D eigenvalue weighted by Crippen LogP contribution is -2.35. The van der Waals surface area contributed by atoms with Gasteiger partial charge in [-0.05, 0) is 36.7 Å².